The Morgan fingerprint density at radius 3 is 2.47 bits per heavy atom. The summed E-state index contributed by atoms with van der Waals surface area (Å²) in [5, 5.41) is 34.5. The number of carboxylic acid groups (broad SMARTS) is 1. The summed E-state index contributed by atoms with van der Waals surface area (Å²) in [6.45, 7) is 0. The Morgan fingerprint density at radius 1 is 1.14 bits per heavy atom. The minimum absolute atomic E-state index is 0.000448. The molecule has 2 saturated heterocycles. The average molecular weight is 528 g/mol. The molecule has 3 heterocycles. The van der Waals surface area contributed by atoms with Gasteiger partial charge in [0.2, 0.25) is 11.8 Å². The van der Waals surface area contributed by atoms with Crippen LogP contribution in [-0.4, -0.2) is 38.5 Å². The summed E-state index contributed by atoms with van der Waals surface area (Å²) < 4.78 is 0.432. The second-order valence-corrected chi connectivity index (χ2v) is 10.4. The van der Waals surface area contributed by atoms with Crippen LogP contribution in [0.2, 0.25) is 4.34 Å². The molecule has 2 aliphatic heterocycles. The van der Waals surface area contributed by atoms with Gasteiger partial charge in [-0.05, 0) is 35.9 Å². The number of amides is 2. The normalized spacial score (nSPS) is 25.2. The van der Waals surface area contributed by atoms with E-state index in [0.29, 0.717) is 14.8 Å². The number of aromatic hydroxyl groups is 1. The molecule has 0 radical (unpaired) electrons. The molecule has 0 aliphatic carbocycles. The standard InChI is InChI=1S/C24H18ClN3O7S/c25-17-9-8-16(36-17)20-18-19(24(26-20,23(32)33)11-12-4-6-15(29)7-5-12)22(31)27(21(18)30)13-2-1-3-14(10-13)28(34)35/h1-10,18-20,26,29H,11H2,(H,32,33). The minimum Gasteiger partial charge on any atom is -0.508 e. The Bertz CT molecular complexity index is 1410. The first-order valence-corrected chi connectivity index (χ1v) is 12.0. The fourth-order valence-corrected chi connectivity index (χ4v) is 6.27. The molecule has 10 nitrogen and oxygen atoms in total. The van der Waals surface area contributed by atoms with E-state index in [1.807, 2.05) is 0 Å². The van der Waals surface area contributed by atoms with E-state index in [0.717, 1.165) is 11.0 Å². The van der Waals surface area contributed by atoms with Gasteiger partial charge in [0.05, 0.1) is 32.8 Å². The number of aliphatic carboxylic acids is 1. The molecule has 2 amide bonds. The number of carboxylic acids is 1. The second kappa shape index (κ2) is 8.70. The van der Waals surface area contributed by atoms with Gasteiger partial charge in [0.15, 0.2) is 0 Å². The van der Waals surface area contributed by atoms with Crippen LogP contribution in [0.15, 0.2) is 60.7 Å². The molecule has 0 spiro atoms. The lowest BCUT2D eigenvalue weighted by molar-refractivity contribution is -0.384. The van der Waals surface area contributed by atoms with Crippen molar-refractivity contribution in [2.45, 2.75) is 18.0 Å². The maximum atomic E-state index is 13.8. The number of nitro benzene ring substituents is 1. The van der Waals surface area contributed by atoms with Crippen molar-refractivity contribution in [1.82, 2.24) is 5.32 Å². The third-order valence-corrected chi connectivity index (χ3v) is 7.97. The lowest BCUT2D eigenvalue weighted by atomic mass is 9.76. The number of nitrogens with one attached hydrogen (secondary N) is 1. The number of anilines is 1. The van der Waals surface area contributed by atoms with E-state index in [1.54, 1.807) is 24.3 Å². The van der Waals surface area contributed by atoms with E-state index >= 15 is 0 Å². The molecule has 0 bridgehead atoms. The Hall–Kier alpha value is -3.80. The van der Waals surface area contributed by atoms with Gasteiger partial charge in [0.25, 0.3) is 5.69 Å². The summed E-state index contributed by atoms with van der Waals surface area (Å²) in [6.07, 6.45) is -0.152. The predicted octanol–water partition coefficient (Wildman–Crippen LogP) is 3.53. The molecule has 184 valence electrons. The summed E-state index contributed by atoms with van der Waals surface area (Å²) in [7, 11) is 0. The van der Waals surface area contributed by atoms with Crippen LogP contribution in [-0.2, 0) is 20.8 Å². The van der Waals surface area contributed by atoms with Gasteiger partial charge in [-0.2, -0.15) is 0 Å². The first kappa shape index (κ1) is 23.9. The van der Waals surface area contributed by atoms with Gasteiger partial charge in [-0.15, -0.1) is 11.3 Å². The van der Waals surface area contributed by atoms with Crippen LogP contribution in [0.25, 0.3) is 0 Å². The van der Waals surface area contributed by atoms with Crippen LogP contribution in [0, 0.1) is 22.0 Å². The van der Waals surface area contributed by atoms with Crippen LogP contribution in [0.4, 0.5) is 11.4 Å². The van der Waals surface area contributed by atoms with Crippen molar-refractivity contribution >= 4 is 52.1 Å². The number of rotatable bonds is 6. The number of nitrogens with zero attached hydrogens (tertiary/aromatic N) is 2. The van der Waals surface area contributed by atoms with E-state index in [4.69, 9.17) is 11.6 Å². The molecule has 36 heavy (non-hydrogen) atoms. The maximum Gasteiger partial charge on any atom is 0.325 e. The second-order valence-electron chi connectivity index (χ2n) is 8.68. The highest BCUT2D eigenvalue weighted by atomic mass is 35.5. The number of carbonyl (C=O) groups excluding carboxylic acids is 2. The summed E-state index contributed by atoms with van der Waals surface area (Å²) in [6, 6.07) is 13.5. The highest BCUT2D eigenvalue weighted by molar-refractivity contribution is 7.16. The number of benzene rings is 2. The molecule has 3 aromatic rings. The van der Waals surface area contributed by atoms with Crippen LogP contribution in [0.3, 0.4) is 0 Å². The van der Waals surface area contributed by atoms with E-state index in [-0.39, 0.29) is 23.5 Å². The molecule has 1 aromatic heterocycles. The number of nitro groups is 1. The van der Waals surface area contributed by atoms with Gasteiger partial charge in [-0.3, -0.25) is 29.8 Å². The predicted molar refractivity (Wildman–Crippen MR) is 130 cm³/mol. The number of hydrogen-bond donors (Lipinski definition) is 3. The number of fused-ring (bicyclic) bond motifs is 1. The number of hydrogen-bond acceptors (Lipinski definition) is 8. The van der Waals surface area contributed by atoms with Crippen molar-refractivity contribution in [1.29, 1.82) is 0 Å². The Labute approximate surface area is 212 Å². The monoisotopic (exact) mass is 527 g/mol. The lowest BCUT2D eigenvalue weighted by Crippen LogP contribution is -2.57. The molecule has 2 aromatic carbocycles. The van der Waals surface area contributed by atoms with Crippen molar-refractivity contribution in [3.8, 4) is 5.75 Å². The summed E-state index contributed by atoms with van der Waals surface area (Å²) in [4.78, 5) is 52.4. The largest absolute Gasteiger partial charge is 0.508 e. The molecular formula is C24H18ClN3O7S. The molecule has 4 unspecified atom stereocenters. The molecule has 3 N–H and O–H groups in total. The number of phenolic OH excluding ortho intramolecular Hbond substituents is 1. The first-order chi connectivity index (χ1) is 17.1. The summed E-state index contributed by atoms with van der Waals surface area (Å²) in [5.41, 5.74) is -1.65. The van der Waals surface area contributed by atoms with E-state index in [9.17, 15) is 34.7 Å². The SMILES string of the molecule is O=C1C2C(c3ccc(Cl)s3)NC(Cc3ccc(O)cc3)(C(=O)O)C2C(=O)N1c1cccc([N+](=O)[O-])c1. The fraction of sp³-hybridized carbons (Fsp3) is 0.208. The van der Waals surface area contributed by atoms with Gasteiger partial charge in [0, 0.05) is 23.4 Å². The summed E-state index contributed by atoms with van der Waals surface area (Å²) >= 11 is 7.29. The number of imide groups is 1. The lowest BCUT2D eigenvalue weighted by Gasteiger charge is -2.31. The van der Waals surface area contributed by atoms with Crippen LogP contribution in [0.5, 0.6) is 5.75 Å². The molecule has 0 saturated carbocycles. The Kier molecular flexibility index (Phi) is 5.78. The Morgan fingerprint density at radius 2 is 1.86 bits per heavy atom. The zero-order chi connectivity index (χ0) is 25.8. The van der Waals surface area contributed by atoms with Crippen LogP contribution < -0.4 is 10.2 Å². The van der Waals surface area contributed by atoms with Gasteiger partial charge >= 0.3 is 5.97 Å². The van der Waals surface area contributed by atoms with Crippen molar-refractivity contribution < 1.29 is 29.5 Å². The van der Waals surface area contributed by atoms with Gasteiger partial charge in [-0.25, -0.2) is 4.90 Å². The van der Waals surface area contributed by atoms with Gasteiger partial charge in [-0.1, -0.05) is 29.8 Å². The van der Waals surface area contributed by atoms with Crippen LogP contribution in [0.1, 0.15) is 16.5 Å². The van der Waals surface area contributed by atoms with Crippen molar-refractivity contribution in [3.63, 3.8) is 0 Å². The molecule has 2 aliphatic rings. The number of halogens is 1. The van der Waals surface area contributed by atoms with Crippen molar-refractivity contribution in [2.75, 3.05) is 4.90 Å². The smallest absolute Gasteiger partial charge is 0.325 e. The van der Waals surface area contributed by atoms with Crippen molar-refractivity contribution in [3.05, 3.63) is 85.6 Å². The number of thiophene rings is 1. The van der Waals surface area contributed by atoms with Gasteiger partial charge < -0.3 is 10.2 Å². The highest BCUT2D eigenvalue weighted by Gasteiger charge is 2.68. The highest BCUT2D eigenvalue weighted by Crippen LogP contribution is 2.52. The average Bonchev–Trinajstić information content (AvgIpc) is 3.49. The Balaban J connectivity index is 1.65. The first-order valence-electron chi connectivity index (χ1n) is 10.8. The summed E-state index contributed by atoms with van der Waals surface area (Å²) in [5.74, 6) is -5.12. The topological polar surface area (TPSA) is 150 Å². The number of non-ortho nitro benzene ring substituents is 1. The van der Waals surface area contributed by atoms with Crippen LogP contribution >= 0.6 is 22.9 Å². The third-order valence-electron chi connectivity index (χ3n) is 6.65. The van der Waals surface area contributed by atoms with E-state index in [2.05, 4.69) is 5.32 Å². The zero-order valence-electron chi connectivity index (χ0n) is 18.3. The quantitative estimate of drug-likeness (QED) is 0.250. The van der Waals surface area contributed by atoms with Crippen molar-refractivity contribution in [2.24, 2.45) is 11.8 Å². The number of carbonyl (C=O) groups is 3. The van der Waals surface area contributed by atoms with E-state index < -0.39 is 46.1 Å². The van der Waals surface area contributed by atoms with E-state index in [1.165, 1.54) is 41.7 Å². The number of phenols is 1. The molecular weight excluding hydrogens is 510 g/mol. The molecule has 5 rings (SSSR count). The third kappa shape index (κ3) is 3.72. The molecule has 2 fully saturated rings. The van der Waals surface area contributed by atoms with Gasteiger partial charge in [0.1, 0.15) is 11.3 Å². The molecule has 4 atom stereocenters. The maximum absolute atomic E-state index is 13.8. The minimum atomic E-state index is -1.87. The fourth-order valence-electron chi connectivity index (χ4n) is 5.11. The zero-order valence-corrected chi connectivity index (χ0v) is 19.9. The molecule has 12 heteroatoms.